The molecule has 0 spiro atoms. The van der Waals surface area contributed by atoms with Crippen LogP contribution in [0.5, 0.6) is 11.5 Å². The van der Waals surface area contributed by atoms with Crippen molar-refractivity contribution in [2.75, 3.05) is 7.11 Å². The van der Waals surface area contributed by atoms with Crippen molar-refractivity contribution < 1.29 is 14.6 Å². The Morgan fingerprint density at radius 1 is 1.42 bits per heavy atom. The molecule has 0 radical (unpaired) electrons. The van der Waals surface area contributed by atoms with Crippen LogP contribution in [0.2, 0.25) is 5.02 Å². The van der Waals surface area contributed by atoms with Crippen molar-refractivity contribution in [3.8, 4) is 11.5 Å². The number of hydrogen-bond acceptors (Lipinski definition) is 5. The number of H-pyrrole nitrogens is 1. The molecule has 0 unspecified atom stereocenters. The molecule has 3 N–H and O–H groups in total. The molecule has 2 rings (SSSR count). The molecule has 2 aromatic rings. The molecule has 8 heteroatoms. The van der Waals surface area contributed by atoms with Crippen LogP contribution in [-0.2, 0) is 5.41 Å². The van der Waals surface area contributed by atoms with Gasteiger partial charge in [0.2, 0.25) is 0 Å². The van der Waals surface area contributed by atoms with Crippen LogP contribution < -0.4 is 10.2 Å². The van der Waals surface area contributed by atoms with Gasteiger partial charge in [-0.15, -0.1) is 0 Å². The van der Waals surface area contributed by atoms with E-state index in [0.29, 0.717) is 5.56 Å². The number of aromatic amines is 1. The van der Waals surface area contributed by atoms with Crippen LogP contribution in [0.15, 0.2) is 23.3 Å². The molecule has 1 aromatic heterocycles. The maximum absolute atomic E-state index is 12.0. The third kappa shape index (κ3) is 4.05. The topological polar surface area (TPSA) is 99.6 Å². The van der Waals surface area contributed by atoms with Gasteiger partial charge < -0.3 is 9.84 Å². The molecule has 0 saturated carbocycles. The lowest BCUT2D eigenvalue weighted by Crippen LogP contribution is -2.18. The predicted octanol–water partition coefficient (Wildman–Crippen LogP) is 2.84. The maximum Gasteiger partial charge on any atom is 0.291 e. The second kappa shape index (κ2) is 6.92. The molecule has 0 bridgehead atoms. The number of hydrogen-bond donors (Lipinski definition) is 3. The molecule has 1 aromatic carbocycles. The molecular weight excluding hydrogens is 332 g/mol. The van der Waals surface area contributed by atoms with Crippen molar-refractivity contribution >= 4 is 23.7 Å². The normalized spacial score (nSPS) is 11.7. The molecule has 0 aliphatic carbocycles. The summed E-state index contributed by atoms with van der Waals surface area (Å²) in [4.78, 5) is 12.0. The number of methoxy groups -OCH3 is 1. The van der Waals surface area contributed by atoms with Crippen LogP contribution in [0.25, 0.3) is 0 Å². The first-order valence-corrected chi connectivity index (χ1v) is 7.56. The van der Waals surface area contributed by atoms with Gasteiger partial charge in [-0.3, -0.25) is 9.89 Å². The molecule has 1 heterocycles. The average molecular weight is 351 g/mol. The molecule has 0 aliphatic rings. The Kier molecular flexibility index (Phi) is 5.14. The Labute approximate surface area is 144 Å². The number of carbonyl (C=O) groups excluding carboxylic acids is 1. The summed E-state index contributed by atoms with van der Waals surface area (Å²) in [6.07, 6.45) is 1.39. The van der Waals surface area contributed by atoms with E-state index in [-0.39, 0.29) is 27.6 Å². The molecular formula is C16H19ClN4O3. The lowest BCUT2D eigenvalue weighted by atomic mass is 9.92. The van der Waals surface area contributed by atoms with Crippen LogP contribution >= 0.6 is 11.6 Å². The zero-order valence-corrected chi connectivity index (χ0v) is 14.6. The van der Waals surface area contributed by atoms with E-state index in [9.17, 15) is 9.90 Å². The molecule has 0 fully saturated rings. The number of carbonyl (C=O) groups is 1. The van der Waals surface area contributed by atoms with E-state index in [1.54, 1.807) is 12.1 Å². The zero-order chi connectivity index (χ0) is 17.9. The summed E-state index contributed by atoms with van der Waals surface area (Å²) < 4.78 is 5.00. The lowest BCUT2D eigenvalue weighted by Gasteiger charge is -2.14. The van der Waals surface area contributed by atoms with Gasteiger partial charge in [-0.2, -0.15) is 10.2 Å². The number of phenols is 1. The summed E-state index contributed by atoms with van der Waals surface area (Å²) in [5, 5.41) is 20.5. The average Bonchev–Trinajstić information content (AvgIpc) is 3.00. The van der Waals surface area contributed by atoms with Gasteiger partial charge in [0, 0.05) is 11.1 Å². The minimum absolute atomic E-state index is 0.129. The number of halogens is 1. The lowest BCUT2D eigenvalue weighted by molar-refractivity contribution is 0.0950. The third-order valence-corrected chi connectivity index (χ3v) is 3.56. The molecule has 0 aliphatic heterocycles. The highest BCUT2D eigenvalue weighted by atomic mass is 35.5. The van der Waals surface area contributed by atoms with Crippen LogP contribution in [0.4, 0.5) is 0 Å². The second-order valence-corrected chi connectivity index (χ2v) is 6.58. The van der Waals surface area contributed by atoms with E-state index in [2.05, 4.69) is 20.7 Å². The van der Waals surface area contributed by atoms with Crippen molar-refractivity contribution in [3.63, 3.8) is 0 Å². The summed E-state index contributed by atoms with van der Waals surface area (Å²) in [6, 6.07) is 4.73. The summed E-state index contributed by atoms with van der Waals surface area (Å²) in [7, 11) is 1.42. The van der Waals surface area contributed by atoms with Crippen molar-refractivity contribution in [1.82, 2.24) is 15.6 Å². The number of ether oxygens (including phenoxy) is 1. The third-order valence-electron chi connectivity index (χ3n) is 3.27. The number of benzene rings is 1. The van der Waals surface area contributed by atoms with Gasteiger partial charge in [-0.05, 0) is 23.8 Å². The Balaban J connectivity index is 2.07. The first-order chi connectivity index (χ1) is 11.2. The van der Waals surface area contributed by atoms with E-state index in [1.807, 2.05) is 20.8 Å². The van der Waals surface area contributed by atoms with E-state index in [1.165, 1.54) is 19.4 Å². The van der Waals surface area contributed by atoms with Crippen molar-refractivity contribution in [2.24, 2.45) is 5.10 Å². The molecule has 0 saturated heterocycles. The number of phenolic OH excluding ortho intramolecular Hbond substituents is 1. The first-order valence-electron chi connectivity index (χ1n) is 7.18. The summed E-state index contributed by atoms with van der Waals surface area (Å²) in [5.41, 5.74) is 3.92. The Morgan fingerprint density at radius 3 is 2.71 bits per heavy atom. The fraction of sp³-hybridized carbons (Fsp3) is 0.312. The highest BCUT2D eigenvalue weighted by Gasteiger charge is 2.19. The summed E-state index contributed by atoms with van der Waals surface area (Å²) >= 11 is 5.89. The van der Waals surface area contributed by atoms with E-state index < -0.39 is 5.91 Å². The van der Waals surface area contributed by atoms with E-state index in [0.717, 1.165) is 5.69 Å². The fourth-order valence-electron chi connectivity index (χ4n) is 1.87. The first kappa shape index (κ1) is 17.8. The zero-order valence-electron chi connectivity index (χ0n) is 13.8. The number of amides is 1. The maximum atomic E-state index is 12.0. The van der Waals surface area contributed by atoms with Gasteiger partial charge >= 0.3 is 0 Å². The van der Waals surface area contributed by atoms with Crippen molar-refractivity contribution in [3.05, 3.63) is 40.2 Å². The van der Waals surface area contributed by atoms with E-state index >= 15 is 0 Å². The van der Waals surface area contributed by atoms with Gasteiger partial charge in [0.05, 0.1) is 18.3 Å². The van der Waals surface area contributed by atoms with Crippen molar-refractivity contribution in [1.29, 1.82) is 0 Å². The number of aromatic hydroxyl groups is 1. The number of nitrogens with one attached hydrogen (secondary N) is 2. The van der Waals surface area contributed by atoms with Gasteiger partial charge in [0.15, 0.2) is 17.2 Å². The van der Waals surface area contributed by atoms with E-state index in [4.69, 9.17) is 16.3 Å². The highest BCUT2D eigenvalue weighted by molar-refractivity contribution is 6.32. The van der Waals surface area contributed by atoms with Gasteiger partial charge in [0.25, 0.3) is 5.91 Å². The summed E-state index contributed by atoms with van der Waals surface area (Å²) in [5.74, 6) is -0.362. The minimum Gasteiger partial charge on any atom is -0.503 e. The Morgan fingerprint density at radius 2 is 2.12 bits per heavy atom. The van der Waals surface area contributed by atoms with Gasteiger partial charge in [-0.1, -0.05) is 32.4 Å². The minimum atomic E-state index is -0.435. The number of rotatable bonds is 4. The van der Waals surface area contributed by atoms with Crippen LogP contribution in [0.3, 0.4) is 0 Å². The SMILES string of the molecule is COc1cc(C=NNC(=O)c2cc(C(C)(C)C)[nH]n2)cc(Cl)c1O. The van der Waals surface area contributed by atoms with Crippen LogP contribution in [0.1, 0.15) is 42.5 Å². The molecule has 24 heavy (non-hydrogen) atoms. The molecule has 7 nitrogen and oxygen atoms in total. The quantitative estimate of drug-likeness (QED) is 0.583. The monoisotopic (exact) mass is 350 g/mol. The largest absolute Gasteiger partial charge is 0.503 e. The van der Waals surface area contributed by atoms with Gasteiger partial charge in [-0.25, -0.2) is 5.43 Å². The second-order valence-electron chi connectivity index (χ2n) is 6.17. The molecule has 0 atom stereocenters. The van der Waals surface area contributed by atoms with Crippen LogP contribution in [-0.4, -0.2) is 34.5 Å². The standard InChI is InChI=1S/C16H19ClN4O3/c1-16(2,3)13-7-11(19-20-13)15(23)21-18-8-9-5-10(17)14(22)12(6-9)24-4/h5-8,22H,1-4H3,(H,19,20)(H,21,23). The number of aromatic nitrogens is 2. The summed E-state index contributed by atoms with van der Waals surface area (Å²) in [6.45, 7) is 6.05. The Bertz CT molecular complexity index is 778. The van der Waals surface area contributed by atoms with Crippen molar-refractivity contribution in [2.45, 2.75) is 26.2 Å². The predicted molar refractivity (Wildman–Crippen MR) is 92.0 cm³/mol. The molecule has 1 amide bonds. The number of nitrogens with zero attached hydrogens (tertiary/aromatic N) is 2. The Hall–Kier alpha value is -2.54. The number of hydrazone groups is 1. The van der Waals surface area contributed by atoms with Gasteiger partial charge in [0.1, 0.15) is 0 Å². The molecule has 128 valence electrons. The van der Waals surface area contributed by atoms with Crippen LogP contribution in [0, 0.1) is 0 Å². The smallest absolute Gasteiger partial charge is 0.291 e. The fourth-order valence-corrected chi connectivity index (χ4v) is 2.09. The highest BCUT2D eigenvalue weighted by Crippen LogP contribution is 2.34.